The first kappa shape index (κ1) is 9.57. The van der Waals surface area contributed by atoms with E-state index in [1.54, 1.807) is 0 Å². The summed E-state index contributed by atoms with van der Waals surface area (Å²) in [5.41, 5.74) is 4.46. The molecular weight excluding hydrogens is 170 g/mol. The number of hydrogen-bond donors (Lipinski definition) is 0. The van der Waals surface area contributed by atoms with E-state index in [9.17, 15) is 0 Å². The van der Waals surface area contributed by atoms with Gasteiger partial charge in [-0.2, -0.15) is 0 Å². The number of likely N-dealkylation sites (N-methyl/N-ethyl adjacent to an activating group) is 1. The molecule has 0 saturated carbocycles. The molecular formula is C13H19N. The van der Waals surface area contributed by atoms with Gasteiger partial charge in [0.2, 0.25) is 0 Å². The molecule has 0 amide bonds. The fourth-order valence-corrected chi connectivity index (χ4v) is 2.13. The number of anilines is 1. The van der Waals surface area contributed by atoms with E-state index in [0.717, 1.165) is 0 Å². The van der Waals surface area contributed by atoms with Crippen molar-refractivity contribution in [2.24, 2.45) is 0 Å². The third kappa shape index (κ3) is 1.52. The van der Waals surface area contributed by atoms with Gasteiger partial charge in [-0.25, -0.2) is 0 Å². The van der Waals surface area contributed by atoms with Crippen molar-refractivity contribution in [2.45, 2.75) is 32.6 Å². The van der Waals surface area contributed by atoms with Crippen molar-refractivity contribution in [3.05, 3.63) is 29.3 Å². The number of rotatable bonds is 2. The van der Waals surface area contributed by atoms with Gasteiger partial charge in [-0.1, -0.05) is 26.0 Å². The normalized spacial score (nSPS) is 16.9. The van der Waals surface area contributed by atoms with Crippen molar-refractivity contribution < 1.29 is 0 Å². The lowest BCUT2D eigenvalue weighted by Gasteiger charge is -2.14. The summed E-state index contributed by atoms with van der Waals surface area (Å²) in [7, 11) is 2.18. The highest BCUT2D eigenvalue weighted by molar-refractivity contribution is 5.58. The molecule has 0 aliphatic carbocycles. The highest BCUT2D eigenvalue weighted by atomic mass is 15.1. The Kier molecular flexibility index (Phi) is 2.49. The smallest absolute Gasteiger partial charge is 0.0397 e. The van der Waals surface area contributed by atoms with E-state index in [1.807, 2.05) is 0 Å². The zero-order valence-corrected chi connectivity index (χ0v) is 9.38. The first-order valence-corrected chi connectivity index (χ1v) is 5.56. The van der Waals surface area contributed by atoms with Crippen LogP contribution < -0.4 is 4.90 Å². The Hall–Kier alpha value is -0.980. The van der Waals surface area contributed by atoms with Gasteiger partial charge in [-0.05, 0) is 36.0 Å². The molecule has 1 aliphatic rings. The molecule has 0 saturated heterocycles. The van der Waals surface area contributed by atoms with Crippen molar-refractivity contribution in [3.63, 3.8) is 0 Å². The summed E-state index contributed by atoms with van der Waals surface area (Å²) in [5.74, 6) is 0.700. The quantitative estimate of drug-likeness (QED) is 0.690. The molecule has 0 fully saturated rings. The Morgan fingerprint density at radius 2 is 2.21 bits per heavy atom. The van der Waals surface area contributed by atoms with Gasteiger partial charge in [0, 0.05) is 19.3 Å². The van der Waals surface area contributed by atoms with E-state index in [4.69, 9.17) is 0 Å². The van der Waals surface area contributed by atoms with E-state index in [0.29, 0.717) is 5.92 Å². The zero-order valence-electron chi connectivity index (χ0n) is 9.38. The number of fused-ring (bicyclic) bond motifs is 1. The first-order chi connectivity index (χ1) is 6.72. The second-order valence-electron chi connectivity index (χ2n) is 4.37. The lowest BCUT2D eigenvalue weighted by Crippen LogP contribution is -2.12. The van der Waals surface area contributed by atoms with Gasteiger partial charge in [0.25, 0.3) is 0 Å². The standard InChI is InChI=1S/C13H19N/c1-4-10(2)11-5-6-13-12(9-11)7-8-14(13)3/h5-6,9-10H,4,7-8H2,1-3H3. The maximum absolute atomic E-state index is 2.40. The predicted octanol–water partition coefficient (Wildman–Crippen LogP) is 3.19. The van der Waals surface area contributed by atoms with Gasteiger partial charge >= 0.3 is 0 Å². The highest BCUT2D eigenvalue weighted by Crippen LogP contribution is 2.30. The van der Waals surface area contributed by atoms with Crippen molar-refractivity contribution >= 4 is 5.69 Å². The van der Waals surface area contributed by atoms with Crippen LogP contribution in [0.25, 0.3) is 0 Å². The van der Waals surface area contributed by atoms with Crippen LogP contribution in [-0.4, -0.2) is 13.6 Å². The third-order valence-corrected chi connectivity index (χ3v) is 3.41. The minimum Gasteiger partial charge on any atom is -0.374 e. The summed E-state index contributed by atoms with van der Waals surface area (Å²) in [5, 5.41) is 0. The molecule has 1 aliphatic heterocycles. The van der Waals surface area contributed by atoms with E-state index in [2.05, 4.69) is 44.0 Å². The maximum Gasteiger partial charge on any atom is 0.0397 e. The lowest BCUT2D eigenvalue weighted by atomic mass is 9.96. The number of hydrogen-bond acceptors (Lipinski definition) is 1. The summed E-state index contributed by atoms with van der Waals surface area (Å²) >= 11 is 0. The van der Waals surface area contributed by atoms with Crippen LogP contribution in [0.2, 0.25) is 0 Å². The Bertz CT molecular complexity index is 330. The van der Waals surface area contributed by atoms with E-state index in [-0.39, 0.29) is 0 Å². The van der Waals surface area contributed by atoms with Crippen LogP contribution in [0.5, 0.6) is 0 Å². The molecule has 0 aromatic heterocycles. The molecule has 1 atom stereocenters. The van der Waals surface area contributed by atoms with Gasteiger partial charge in [0.05, 0.1) is 0 Å². The largest absolute Gasteiger partial charge is 0.374 e. The van der Waals surface area contributed by atoms with Gasteiger partial charge in [0.1, 0.15) is 0 Å². The molecule has 1 heterocycles. The van der Waals surface area contributed by atoms with Crippen LogP contribution in [0.15, 0.2) is 18.2 Å². The van der Waals surface area contributed by atoms with Gasteiger partial charge in [-0.3, -0.25) is 0 Å². The van der Waals surface area contributed by atoms with E-state index < -0.39 is 0 Å². The molecule has 1 aromatic carbocycles. The molecule has 1 aromatic rings. The van der Waals surface area contributed by atoms with E-state index >= 15 is 0 Å². The molecule has 14 heavy (non-hydrogen) atoms. The molecule has 1 nitrogen and oxygen atoms in total. The third-order valence-electron chi connectivity index (χ3n) is 3.41. The summed E-state index contributed by atoms with van der Waals surface area (Å²) in [6.45, 7) is 5.74. The average Bonchev–Trinajstić information content (AvgIpc) is 2.59. The van der Waals surface area contributed by atoms with Crippen molar-refractivity contribution in [1.29, 1.82) is 0 Å². The topological polar surface area (TPSA) is 3.24 Å². The Morgan fingerprint density at radius 1 is 1.43 bits per heavy atom. The molecule has 0 bridgehead atoms. The van der Waals surface area contributed by atoms with Crippen LogP contribution in [0.3, 0.4) is 0 Å². The molecule has 0 spiro atoms. The van der Waals surface area contributed by atoms with Crippen LogP contribution in [-0.2, 0) is 6.42 Å². The first-order valence-electron chi connectivity index (χ1n) is 5.56. The highest BCUT2D eigenvalue weighted by Gasteiger charge is 2.16. The predicted molar refractivity (Wildman–Crippen MR) is 62.1 cm³/mol. The number of nitrogens with zero attached hydrogens (tertiary/aromatic N) is 1. The number of benzene rings is 1. The fraction of sp³-hybridized carbons (Fsp3) is 0.538. The summed E-state index contributed by atoms with van der Waals surface area (Å²) in [6.07, 6.45) is 2.45. The van der Waals surface area contributed by atoms with Crippen LogP contribution >= 0.6 is 0 Å². The lowest BCUT2D eigenvalue weighted by molar-refractivity contribution is 0.733. The van der Waals surface area contributed by atoms with Crippen LogP contribution in [0.4, 0.5) is 5.69 Å². The van der Waals surface area contributed by atoms with E-state index in [1.165, 1.54) is 36.2 Å². The minimum absolute atomic E-state index is 0.700. The molecule has 1 heteroatoms. The van der Waals surface area contributed by atoms with Crippen molar-refractivity contribution in [2.75, 3.05) is 18.5 Å². The van der Waals surface area contributed by atoms with Gasteiger partial charge in [0.15, 0.2) is 0 Å². The Labute approximate surface area is 86.7 Å². The van der Waals surface area contributed by atoms with Crippen molar-refractivity contribution in [3.8, 4) is 0 Å². The second kappa shape index (κ2) is 3.64. The zero-order chi connectivity index (χ0) is 10.1. The summed E-state index contributed by atoms with van der Waals surface area (Å²) in [6, 6.07) is 6.96. The molecule has 1 unspecified atom stereocenters. The fourth-order valence-electron chi connectivity index (χ4n) is 2.13. The van der Waals surface area contributed by atoms with Gasteiger partial charge < -0.3 is 4.90 Å². The summed E-state index contributed by atoms with van der Waals surface area (Å²) in [4.78, 5) is 2.34. The monoisotopic (exact) mass is 189 g/mol. The Balaban J connectivity index is 2.32. The molecule has 76 valence electrons. The molecule has 0 N–H and O–H groups in total. The van der Waals surface area contributed by atoms with Crippen LogP contribution in [0, 0.1) is 0 Å². The SMILES string of the molecule is CCC(C)c1ccc2c(c1)CCN2C. The van der Waals surface area contributed by atoms with Crippen LogP contribution in [0.1, 0.15) is 37.3 Å². The average molecular weight is 189 g/mol. The van der Waals surface area contributed by atoms with Gasteiger partial charge in [-0.15, -0.1) is 0 Å². The van der Waals surface area contributed by atoms with Crippen molar-refractivity contribution in [1.82, 2.24) is 0 Å². The second-order valence-corrected chi connectivity index (χ2v) is 4.37. The maximum atomic E-state index is 2.40. The Morgan fingerprint density at radius 3 is 2.93 bits per heavy atom. The molecule has 2 rings (SSSR count). The molecule has 0 radical (unpaired) electrons. The summed E-state index contributed by atoms with van der Waals surface area (Å²) < 4.78 is 0. The minimum atomic E-state index is 0.700.